The Labute approximate surface area is 156 Å². The van der Waals surface area contributed by atoms with E-state index in [1.54, 1.807) is 12.1 Å². The van der Waals surface area contributed by atoms with Gasteiger partial charge in [-0.3, -0.25) is 0 Å². The predicted molar refractivity (Wildman–Crippen MR) is 103 cm³/mol. The van der Waals surface area contributed by atoms with Crippen LogP contribution in [0.2, 0.25) is 0 Å². The van der Waals surface area contributed by atoms with Crippen molar-refractivity contribution in [1.82, 2.24) is 0 Å². The van der Waals surface area contributed by atoms with Crippen LogP contribution >= 0.6 is 0 Å². The average Bonchev–Trinajstić information content (AvgIpc) is 2.61. The number of rotatable bonds is 1. The lowest BCUT2D eigenvalue weighted by molar-refractivity contribution is 0.0135. The summed E-state index contributed by atoms with van der Waals surface area (Å²) in [6.45, 7) is 2.11. The van der Waals surface area contributed by atoms with E-state index in [-0.39, 0.29) is 23.7 Å². The maximum atomic E-state index is 11.7. The van der Waals surface area contributed by atoms with Gasteiger partial charge in [-0.15, -0.1) is 0 Å². The molecule has 1 heterocycles. The first-order valence-corrected chi connectivity index (χ1v) is 9.12. The minimum atomic E-state index is -0.533. The summed E-state index contributed by atoms with van der Waals surface area (Å²) in [7, 11) is 0. The molecule has 6 heteroatoms. The molecule has 6 nitrogen and oxygen atoms in total. The Hall–Kier alpha value is -2.57. The Morgan fingerprint density at radius 3 is 2.11 bits per heavy atom. The minimum absolute atomic E-state index is 0.0166. The third-order valence-corrected chi connectivity index (χ3v) is 5.01. The first kappa shape index (κ1) is 19.2. The molecule has 2 atom stereocenters. The molecule has 0 aliphatic heterocycles. The van der Waals surface area contributed by atoms with Gasteiger partial charge >= 0.3 is 5.63 Å². The number of phenolic OH excluding ortho intramolecular Hbond substituents is 2. The van der Waals surface area contributed by atoms with Crippen molar-refractivity contribution >= 4 is 21.7 Å². The van der Waals surface area contributed by atoms with Gasteiger partial charge in [0.2, 0.25) is 0 Å². The van der Waals surface area contributed by atoms with Gasteiger partial charge in [-0.25, -0.2) is 4.79 Å². The number of aromatic hydroxyl groups is 2. The molecular formula is C21H24O6. The van der Waals surface area contributed by atoms with Crippen LogP contribution in [0, 0.1) is 5.92 Å². The Bertz CT molecular complexity index is 983. The summed E-state index contributed by atoms with van der Waals surface area (Å²) in [5.41, 5.74) is -0.206. The highest BCUT2D eigenvalue weighted by molar-refractivity contribution is 6.04. The third-order valence-electron chi connectivity index (χ3n) is 5.01. The van der Waals surface area contributed by atoms with Crippen LogP contribution in [0.4, 0.5) is 0 Å². The van der Waals surface area contributed by atoms with Crippen molar-refractivity contribution in [2.45, 2.75) is 44.8 Å². The predicted octanol–water partition coefficient (Wildman–Crippen LogP) is 3.28. The standard InChI is InChI=1S/C13H8O4.C8H16O2/c14-7-1-3-9-10-4-2-8(15)6-12(10)17-13(16)11(9)5-7;1-2-6-3-7(9)5-8(10)4-6/h1-6,14-15H;6-10H,2-5H2,1H3. The van der Waals surface area contributed by atoms with E-state index in [4.69, 9.17) is 4.42 Å². The van der Waals surface area contributed by atoms with Crippen molar-refractivity contribution in [2.24, 2.45) is 5.92 Å². The van der Waals surface area contributed by atoms with Crippen LogP contribution in [0.1, 0.15) is 32.6 Å². The van der Waals surface area contributed by atoms with Crippen LogP contribution in [0.25, 0.3) is 21.7 Å². The van der Waals surface area contributed by atoms with Crippen molar-refractivity contribution < 1.29 is 24.8 Å². The number of benzene rings is 2. The fraction of sp³-hybridized carbons (Fsp3) is 0.381. The Morgan fingerprint density at radius 2 is 1.48 bits per heavy atom. The van der Waals surface area contributed by atoms with Crippen molar-refractivity contribution in [1.29, 1.82) is 0 Å². The second kappa shape index (κ2) is 7.98. The topological polar surface area (TPSA) is 111 Å². The van der Waals surface area contributed by atoms with Crippen LogP contribution in [-0.4, -0.2) is 32.6 Å². The Kier molecular flexibility index (Phi) is 5.68. The fourth-order valence-corrected chi connectivity index (χ4v) is 3.61. The molecule has 2 aromatic carbocycles. The van der Waals surface area contributed by atoms with Gasteiger partial charge in [0.15, 0.2) is 0 Å². The van der Waals surface area contributed by atoms with Crippen LogP contribution in [-0.2, 0) is 0 Å². The number of hydrogen-bond acceptors (Lipinski definition) is 6. The van der Waals surface area contributed by atoms with Crippen LogP contribution in [0.3, 0.4) is 0 Å². The molecule has 0 radical (unpaired) electrons. The number of phenols is 2. The number of aliphatic hydroxyl groups is 2. The molecule has 3 aromatic rings. The Morgan fingerprint density at radius 1 is 0.889 bits per heavy atom. The Balaban J connectivity index is 0.000000180. The summed E-state index contributed by atoms with van der Waals surface area (Å²) in [4.78, 5) is 11.7. The summed E-state index contributed by atoms with van der Waals surface area (Å²) in [5, 5.41) is 38.9. The maximum Gasteiger partial charge on any atom is 0.344 e. The van der Waals surface area contributed by atoms with Gasteiger partial charge in [0, 0.05) is 16.8 Å². The third kappa shape index (κ3) is 4.40. The zero-order valence-electron chi connectivity index (χ0n) is 15.1. The lowest BCUT2D eigenvalue weighted by Gasteiger charge is -2.28. The van der Waals surface area contributed by atoms with Crippen molar-refractivity contribution in [3.8, 4) is 11.5 Å². The molecule has 0 saturated heterocycles. The molecule has 1 fully saturated rings. The molecule has 1 saturated carbocycles. The second-order valence-corrected chi connectivity index (χ2v) is 7.09. The summed E-state index contributed by atoms with van der Waals surface area (Å²) in [6.07, 6.45) is 2.91. The molecule has 0 amide bonds. The summed E-state index contributed by atoms with van der Waals surface area (Å²) >= 11 is 0. The quantitative estimate of drug-likeness (QED) is 0.385. The summed E-state index contributed by atoms with van der Waals surface area (Å²) in [5.74, 6) is 0.598. The van der Waals surface area contributed by atoms with E-state index < -0.39 is 5.63 Å². The number of fused-ring (bicyclic) bond motifs is 3. The molecule has 0 spiro atoms. The fourth-order valence-electron chi connectivity index (χ4n) is 3.61. The number of hydrogen-bond donors (Lipinski definition) is 4. The lowest BCUT2D eigenvalue weighted by Crippen LogP contribution is -2.29. The largest absolute Gasteiger partial charge is 0.508 e. The smallest absolute Gasteiger partial charge is 0.344 e. The highest BCUT2D eigenvalue weighted by Crippen LogP contribution is 2.28. The molecule has 4 N–H and O–H groups in total. The lowest BCUT2D eigenvalue weighted by atomic mass is 9.84. The van der Waals surface area contributed by atoms with Crippen LogP contribution in [0.5, 0.6) is 11.5 Å². The average molecular weight is 372 g/mol. The van der Waals surface area contributed by atoms with Crippen LogP contribution in [0.15, 0.2) is 45.6 Å². The van der Waals surface area contributed by atoms with Gasteiger partial charge in [0.25, 0.3) is 0 Å². The van der Waals surface area contributed by atoms with Crippen molar-refractivity contribution in [3.63, 3.8) is 0 Å². The van der Waals surface area contributed by atoms with Gasteiger partial charge in [-0.2, -0.15) is 0 Å². The highest BCUT2D eigenvalue weighted by Gasteiger charge is 2.24. The normalized spacial score (nSPS) is 22.4. The molecule has 1 aromatic heterocycles. The minimum Gasteiger partial charge on any atom is -0.508 e. The van der Waals surface area contributed by atoms with E-state index in [1.165, 1.54) is 24.3 Å². The van der Waals surface area contributed by atoms with Gasteiger partial charge < -0.3 is 24.8 Å². The first-order chi connectivity index (χ1) is 12.9. The monoisotopic (exact) mass is 372 g/mol. The molecule has 27 heavy (non-hydrogen) atoms. The van der Waals surface area contributed by atoms with Crippen LogP contribution < -0.4 is 5.63 Å². The molecular weight excluding hydrogens is 348 g/mol. The summed E-state index contributed by atoms with van der Waals surface area (Å²) < 4.78 is 5.08. The van der Waals surface area contributed by atoms with Crippen molar-refractivity contribution in [2.75, 3.05) is 0 Å². The van der Waals surface area contributed by atoms with Gasteiger partial charge in [-0.05, 0) is 55.5 Å². The molecule has 4 rings (SSSR count). The molecule has 0 bridgehead atoms. The van der Waals surface area contributed by atoms with Crippen molar-refractivity contribution in [3.05, 3.63) is 46.8 Å². The van der Waals surface area contributed by atoms with E-state index in [0.29, 0.717) is 28.7 Å². The SMILES string of the molecule is CCC1CC(O)CC(O)C1.O=c1oc2cc(O)ccc2c2ccc(O)cc12. The summed E-state index contributed by atoms with van der Waals surface area (Å²) in [6, 6.07) is 9.12. The molecule has 1 aliphatic carbocycles. The molecule has 2 unspecified atom stereocenters. The van der Waals surface area contributed by atoms with Gasteiger partial charge in [-0.1, -0.05) is 13.3 Å². The van der Waals surface area contributed by atoms with E-state index >= 15 is 0 Å². The zero-order chi connectivity index (χ0) is 19.6. The second-order valence-electron chi connectivity index (χ2n) is 7.09. The highest BCUT2D eigenvalue weighted by atomic mass is 16.4. The van der Waals surface area contributed by atoms with E-state index in [1.807, 2.05) is 0 Å². The molecule has 144 valence electrons. The zero-order valence-corrected chi connectivity index (χ0v) is 15.1. The maximum absolute atomic E-state index is 11.7. The van der Waals surface area contributed by atoms with Gasteiger partial charge in [0.05, 0.1) is 17.6 Å². The van der Waals surface area contributed by atoms with Gasteiger partial charge in [0.1, 0.15) is 17.1 Å². The number of aliphatic hydroxyl groups excluding tert-OH is 2. The van der Waals surface area contributed by atoms with E-state index in [0.717, 1.165) is 24.6 Å². The van der Waals surface area contributed by atoms with E-state index in [9.17, 15) is 25.2 Å². The first-order valence-electron chi connectivity index (χ1n) is 9.12. The van der Waals surface area contributed by atoms with E-state index in [2.05, 4.69) is 6.92 Å². The molecule has 1 aliphatic rings.